The fraction of sp³-hybridized carbons (Fsp3) is 0.650. The van der Waals surface area contributed by atoms with E-state index in [1.165, 1.54) is 6.42 Å². The van der Waals surface area contributed by atoms with Crippen LogP contribution in [0.15, 0.2) is 24.3 Å². The number of carbonyl (C=O) groups excluding carboxylic acids is 1. The zero-order valence-corrected chi connectivity index (χ0v) is 14.9. The highest BCUT2D eigenvalue weighted by Crippen LogP contribution is 2.26. The first-order valence-corrected chi connectivity index (χ1v) is 9.61. The van der Waals surface area contributed by atoms with Crippen LogP contribution in [0.3, 0.4) is 0 Å². The van der Waals surface area contributed by atoms with Crippen LogP contribution >= 0.6 is 0 Å². The quantitative estimate of drug-likeness (QED) is 0.764. The number of phenols is 1. The van der Waals surface area contributed by atoms with Crippen molar-refractivity contribution in [3.8, 4) is 5.75 Å². The van der Waals surface area contributed by atoms with Gasteiger partial charge in [-0.15, -0.1) is 0 Å². The Kier molecular flexibility index (Phi) is 6.32. The summed E-state index contributed by atoms with van der Waals surface area (Å²) in [6, 6.07) is 7.60. The number of nitrogens with one attached hydrogen (secondary N) is 1. The van der Waals surface area contributed by atoms with Crippen LogP contribution in [0.1, 0.15) is 50.5 Å². The Morgan fingerprint density at radius 1 is 1.08 bits per heavy atom. The summed E-state index contributed by atoms with van der Waals surface area (Å²) < 4.78 is 0. The van der Waals surface area contributed by atoms with Crippen LogP contribution in [0.2, 0.25) is 0 Å². The predicted octanol–water partition coefficient (Wildman–Crippen LogP) is 2.21. The molecule has 0 spiro atoms. The summed E-state index contributed by atoms with van der Waals surface area (Å²) >= 11 is 0. The third-order valence-corrected chi connectivity index (χ3v) is 5.63. The molecule has 5 nitrogen and oxygen atoms in total. The van der Waals surface area contributed by atoms with Crippen LogP contribution in [0.25, 0.3) is 0 Å². The Morgan fingerprint density at radius 2 is 1.76 bits per heavy atom. The van der Waals surface area contributed by atoms with Crippen molar-refractivity contribution >= 4 is 5.91 Å². The molecule has 0 bridgehead atoms. The third-order valence-electron chi connectivity index (χ3n) is 5.63. The molecule has 138 valence electrons. The third kappa shape index (κ3) is 5.19. The normalized spacial score (nSPS) is 25.6. The molecule has 5 heteroatoms. The molecule has 2 aliphatic rings. The van der Waals surface area contributed by atoms with Gasteiger partial charge in [-0.25, -0.2) is 0 Å². The molecule has 25 heavy (non-hydrogen) atoms. The summed E-state index contributed by atoms with van der Waals surface area (Å²) in [4.78, 5) is 14.6. The Bertz CT molecular complexity index is 553. The van der Waals surface area contributed by atoms with Crippen molar-refractivity contribution < 1.29 is 15.0 Å². The number of amides is 1. The Morgan fingerprint density at radius 3 is 2.44 bits per heavy atom. The maximum atomic E-state index is 12.2. The standard InChI is InChI=1S/C20H30N2O3/c23-17-8-5-15(6-9-17)7-10-20(25)21-16-11-13-22(14-12-16)18-3-1-2-4-19(18)24/h5-6,8-9,16,18-19,23-24H,1-4,7,10-14H2,(H,21,25)/t18-,19-/m0/s1. The summed E-state index contributed by atoms with van der Waals surface area (Å²) in [6.45, 7) is 1.93. The molecule has 2 atom stereocenters. The number of aliphatic hydroxyl groups excluding tert-OH is 1. The molecule has 0 radical (unpaired) electrons. The maximum Gasteiger partial charge on any atom is 0.220 e. The highest BCUT2D eigenvalue weighted by molar-refractivity contribution is 5.76. The van der Waals surface area contributed by atoms with Gasteiger partial charge in [0.2, 0.25) is 5.91 Å². The van der Waals surface area contributed by atoms with Crippen LogP contribution < -0.4 is 5.32 Å². The van der Waals surface area contributed by atoms with Gasteiger partial charge >= 0.3 is 0 Å². The van der Waals surface area contributed by atoms with Gasteiger partial charge in [-0.3, -0.25) is 9.69 Å². The van der Waals surface area contributed by atoms with Gasteiger partial charge in [-0.2, -0.15) is 0 Å². The lowest BCUT2D eigenvalue weighted by Crippen LogP contribution is -2.52. The second-order valence-electron chi connectivity index (χ2n) is 7.46. The van der Waals surface area contributed by atoms with E-state index in [1.54, 1.807) is 12.1 Å². The first-order valence-electron chi connectivity index (χ1n) is 9.61. The smallest absolute Gasteiger partial charge is 0.220 e. The second-order valence-corrected chi connectivity index (χ2v) is 7.46. The lowest BCUT2D eigenvalue weighted by atomic mass is 9.89. The van der Waals surface area contributed by atoms with E-state index in [9.17, 15) is 15.0 Å². The number of aryl methyl sites for hydroxylation is 1. The number of aliphatic hydroxyl groups is 1. The van der Waals surface area contributed by atoms with Crippen molar-refractivity contribution in [2.24, 2.45) is 0 Å². The summed E-state index contributed by atoms with van der Waals surface area (Å²) in [5.41, 5.74) is 1.06. The molecular formula is C20H30N2O3. The van der Waals surface area contributed by atoms with Gasteiger partial charge in [-0.05, 0) is 49.8 Å². The predicted molar refractivity (Wildman–Crippen MR) is 97.4 cm³/mol. The fourth-order valence-corrected chi connectivity index (χ4v) is 4.11. The van der Waals surface area contributed by atoms with Gasteiger partial charge in [-0.1, -0.05) is 25.0 Å². The van der Waals surface area contributed by atoms with E-state index >= 15 is 0 Å². The zero-order valence-electron chi connectivity index (χ0n) is 14.9. The Hall–Kier alpha value is -1.59. The molecule has 1 saturated carbocycles. The van der Waals surface area contributed by atoms with Crippen molar-refractivity contribution in [3.05, 3.63) is 29.8 Å². The molecular weight excluding hydrogens is 316 g/mol. The highest BCUT2D eigenvalue weighted by Gasteiger charge is 2.31. The SMILES string of the molecule is O=C(CCc1ccc(O)cc1)NC1CCN([C@H]2CCCC[C@@H]2O)CC1. The van der Waals surface area contributed by atoms with Crippen LogP contribution in [-0.2, 0) is 11.2 Å². The Labute approximate surface area is 150 Å². The van der Waals surface area contributed by atoms with Gasteiger partial charge in [0, 0.05) is 31.6 Å². The van der Waals surface area contributed by atoms with Crippen LogP contribution in [0.5, 0.6) is 5.75 Å². The molecule has 1 aromatic rings. The van der Waals surface area contributed by atoms with E-state index in [-0.39, 0.29) is 23.8 Å². The number of benzene rings is 1. The van der Waals surface area contributed by atoms with E-state index in [4.69, 9.17) is 0 Å². The number of rotatable bonds is 5. The number of piperidine rings is 1. The van der Waals surface area contributed by atoms with Gasteiger partial charge in [0.05, 0.1) is 6.10 Å². The number of phenolic OH excluding ortho intramolecular Hbond substituents is 1. The maximum absolute atomic E-state index is 12.2. The molecule has 0 unspecified atom stereocenters. The largest absolute Gasteiger partial charge is 0.508 e. The molecule has 1 saturated heterocycles. The molecule has 1 aliphatic carbocycles. The highest BCUT2D eigenvalue weighted by atomic mass is 16.3. The second kappa shape index (κ2) is 8.68. The number of hydrogen-bond donors (Lipinski definition) is 3. The van der Waals surface area contributed by atoms with E-state index in [0.29, 0.717) is 18.9 Å². The first-order chi connectivity index (χ1) is 12.1. The minimum atomic E-state index is -0.176. The first kappa shape index (κ1) is 18.2. The van der Waals surface area contributed by atoms with E-state index in [1.807, 2.05) is 12.1 Å². The molecule has 2 fully saturated rings. The van der Waals surface area contributed by atoms with E-state index in [0.717, 1.165) is 50.8 Å². The number of nitrogens with zero attached hydrogens (tertiary/aromatic N) is 1. The average Bonchev–Trinajstić information content (AvgIpc) is 2.62. The molecule has 3 N–H and O–H groups in total. The topological polar surface area (TPSA) is 72.8 Å². The average molecular weight is 346 g/mol. The molecule has 1 heterocycles. The van der Waals surface area contributed by atoms with Crippen molar-refractivity contribution in [2.45, 2.75) is 69.6 Å². The van der Waals surface area contributed by atoms with Gasteiger partial charge in [0.25, 0.3) is 0 Å². The minimum Gasteiger partial charge on any atom is -0.508 e. The summed E-state index contributed by atoms with van der Waals surface area (Å²) in [5, 5.41) is 22.6. The van der Waals surface area contributed by atoms with Gasteiger partial charge in [0.15, 0.2) is 0 Å². The number of carbonyl (C=O) groups is 1. The molecule has 1 aliphatic heterocycles. The van der Waals surface area contributed by atoms with E-state index < -0.39 is 0 Å². The number of likely N-dealkylation sites (tertiary alicyclic amines) is 1. The Balaban J connectivity index is 1.38. The van der Waals surface area contributed by atoms with Crippen molar-refractivity contribution in [2.75, 3.05) is 13.1 Å². The lowest BCUT2D eigenvalue weighted by molar-refractivity contribution is -0.122. The number of hydrogen-bond acceptors (Lipinski definition) is 4. The van der Waals surface area contributed by atoms with Crippen molar-refractivity contribution in [3.63, 3.8) is 0 Å². The summed E-state index contributed by atoms with van der Waals surface area (Å²) in [5.74, 6) is 0.354. The minimum absolute atomic E-state index is 0.101. The van der Waals surface area contributed by atoms with E-state index in [2.05, 4.69) is 10.2 Å². The summed E-state index contributed by atoms with van der Waals surface area (Å²) in [6.07, 6.45) is 7.32. The zero-order chi connectivity index (χ0) is 17.6. The number of aromatic hydroxyl groups is 1. The van der Waals surface area contributed by atoms with Crippen molar-refractivity contribution in [1.82, 2.24) is 10.2 Å². The summed E-state index contributed by atoms with van der Waals surface area (Å²) in [7, 11) is 0. The molecule has 1 amide bonds. The molecule has 0 aromatic heterocycles. The van der Waals surface area contributed by atoms with Gasteiger partial charge < -0.3 is 15.5 Å². The van der Waals surface area contributed by atoms with Crippen molar-refractivity contribution in [1.29, 1.82) is 0 Å². The molecule has 3 rings (SSSR count). The fourth-order valence-electron chi connectivity index (χ4n) is 4.11. The molecule has 1 aromatic carbocycles. The lowest BCUT2D eigenvalue weighted by Gasteiger charge is -2.41. The van der Waals surface area contributed by atoms with Crippen LogP contribution in [-0.4, -0.2) is 52.3 Å². The monoisotopic (exact) mass is 346 g/mol. The van der Waals surface area contributed by atoms with Crippen LogP contribution in [0.4, 0.5) is 0 Å². The van der Waals surface area contributed by atoms with Gasteiger partial charge in [0.1, 0.15) is 5.75 Å². The van der Waals surface area contributed by atoms with Crippen LogP contribution in [0, 0.1) is 0 Å².